The summed E-state index contributed by atoms with van der Waals surface area (Å²) in [7, 11) is 0. The molecule has 2 heterocycles. The molecule has 1 atom stereocenters. The van der Waals surface area contributed by atoms with E-state index in [9.17, 15) is 9.59 Å². The van der Waals surface area contributed by atoms with Gasteiger partial charge >= 0.3 is 5.97 Å². The Kier molecular flexibility index (Phi) is 9.83. The van der Waals surface area contributed by atoms with E-state index in [4.69, 9.17) is 14.5 Å². The molecule has 9 heteroatoms. The first-order valence-corrected chi connectivity index (χ1v) is 16.5. The summed E-state index contributed by atoms with van der Waals surface area (Å²) in [5, 5.41) is 0. The van der Waals surface area contributed by atoms with Gasteiger partial charge < -0.3 is 9.47 Å². The number of carbonyl (C=O) groups is 1. The molecule has 0 bridgehead atoms. The fraction of sp³-hybridized carbons (Fsp3) is 0.206. The van der Waals surface area contributed by atoms with Crippen LogP contribution >= 0.6 is 49.9 Å². The van der Waals surface area contributed by atoms with Gasteiger partial charge in [-0.05, 0) is 64.8 Å². The number of benzene rings is 3. The zero-order valence-electron chi connectivity index (χ0n) is 24.0. The highest BCUT2D eigenvalue weighted by molar-refractivity contribution is 14.1. The lowest BCUT2D eigenvalue weighted by Crippen LogP contribution is -2.40. The van der Waals surface area contributed by atoms with Gasteiger partial charge in [-0.25, -0.2) is 9.79 Å². The number of aromatic nitrogens is 1. The Morgan fingerprint density at radius 2 is 1.88 bits per heavy atom. The number of hydrogen-bond acceptors (Lipinski definition) is 6. The Balaban J connectivity index is 1.81. The summed E-state index contributed by atoms with van der Waals surface area (Å²) < 4.78 is 15.4. The van der Waals surface area contributed by atoms with E-state index in [1.807, 2.05) is 72.8 Å². The number of ether oxygens (including phenoxy) is 2. The second-order valence-corrected chi connectivity index (χ2v) is 13.2. The molecule has 0 aliphatic carbocycles. The van der Waals surface area contributed by atoms with E-state index in [1.165, 1.54) is 11.3 Å². The quantitative estimate of drug-likeness (QED) is 0.105. The molecule has 0 unspecified atom stereocenters. The molecule has 0 radical (unpaired) electrons. The lowest BCUT2D eigenvalue weighted by atomic mass is 9.91. The molecule has 0 amide bonds. The number of esters is 1. The van der Waals surface area contributed by atoms with Gasteiger partial charge in [0.2, 0.25) is 0 Å². The molecule has 6 nitrogen and oxygen atoms in total. The van der Waals surface area contributed by atoms with Gasteiger partial charge in [-0.15, -0.1) is 0 Å². The largest absolute Gasteiger partial charge is 0.488 e. The van der Waals surface area contributed by atoms with Crippen molar-refractivity contribution in [2.24, 2.45) is 4.99 Å². The summed E-state index contributed by atoms with van der Waals surface area (Å²) in [6.07, 6.45) is 3.51. The Morgan fingerprint density at radius 3 is 2.53 bits per heavy atom. The second kappa shape index (κ2) is 13.6. The monoisotopic (exact) mass is 768 g/mol. The number of hydrogen-bond donors (Lipinski definition) is 0. The Labute approximate surface area is 276 Å². The van der Waals surface area contributed by atoms with E-state index in [-0.39, 0.29) is 12.2 Å². The number of rotatable bonds is 9. The highest BCUT2D eigenvalue weighted by Crippen LogP contribution is 2.36. The maximum absolute atomic E-state index is 14.3. The van der Waals surface area contributed by atoms with Crippen molar-refractivity contribution in [2.45, 2.75) is 32.7 Å². The van der Waals surface area contributed by atoms with Crippen molar-refractivity contribution in [2.75, 3.05) is 13.2 Å². The van der Waals surface area contributed by atoms with Crippen LogP contribution in [0.2, 0.25) is 0 Å². The van der Waals surface area contributed by atoms with Crippen LogP contribution in [0.15, 0.2) is 99.2 Å². The summed E-state index contributed by atoms with van der Waals surface area (Å²) in [5.74, 6) is 0.494. The van der Waals surface area contributed by atoms with Crippen molar-refractivity contribution in [3.63, 3.8) is 0 Å². The van der Waals surface area contributed by atoms with Gasteiger partial charge in [-0.3, -0.25) is 9.36 Å². The van der Waals surface area contributed by atoms with Gasteiger partial charge in [0.1, 0.15) is 12.4 Å². The molecule has 0 fully saturated rings. The lowest BCUT2D eigenvalue weighted by Gasteiger charge is -2.26. The van der Waals surface area contributed by atoms with Crippen molar-refractivity contribution in [3.8, 4) is 5.75 Å². The summed E-state index contributed by atoms with van der Waals surface area (Å²) in [5.41, 5.74) is 4.06. The zero-order chi connectivity index (χ0) is 30.7. The van der Waals surface area contributed by atoms with Crippen LogP contribution in [0.1, 0.15) is 55.0 Å². The van der Waals surface area contributed by atoms with Crippen molar-refractivity contribution >= 4 is 67.6 Å². The van der Waals surface area contributed by atoms with Crippen molar-refractivity contribution in [1.82, 2.24) is 4.57 Å². The standard InChI is InChI=1S/C34H30BrIN2O4S/c1-5-16-42-31-24(17-25(35)19-26(31)36)18-27-32(39)38-30(23-14-12-21(13-15-23)20(3)4)28(33(40)41-6-2)29(37-34(38)43-27)22-10-8-7-9-11-22/h5,7-15,17-20,30H,1,6,16H2,2-4H3/b27-18-/t30-/m0/s1. The van der Waals surface area contributed by atoms with E-state index < -0.39 is 12.0 Å². The average molecular weight is 769 g/mol. The van der Waals surface area contributed by atoms with Crippen LogP contribution in [0, 0.1) is 3.57 Å². The van der Waals surface area contributed by atoms with Gasteiger partial charge in [0.15, 0.2) is 4.80 Å². The molecule has 1 aromatic heterocycles. The maximum atomic E-state index is 14.3. The zero-order valence-corrected chi connectivity index (χ0v) is 28.5. The molecule has 0 saturated heterocycles. The van der Waals surface area contributed by atoms with Crippen molar-refractivity contribution in [1.29, 1.82) is 0 Å². The molecule has 1 aliphatic rings. The van der Waals surface area contributed by atoms with Crippen LogP contribution in [-0.2, 0) is 9.53 Å². The first-order chi connectivity index (χ1) is 20.7. The molecular formula is C34H30BrIN2O4S. The molecule has 4 aromatic rings. The molecular weight excluding hydrogens is 739 g/mol. The number of nitrogens with zero attached hydrogens (tertiary/aromatic N) is 2. The van der Waals surface area contributed by atoms with Gasteiger partial charge in [-0.1, -0.05) is 108 Å². The van der Waals surface area contributed by atoms with Crippen LogP contribution in [-0.4, -0.2) is 23.8 Å². The van der Waals surface area contributed by atoms with E-state index in [1.54, 1.807) is 17.6 Å². The number of carbonyl (C=O) groups excluding carboxylic acids is 1. The highest BCUT2D eigenvalue weighted by atomic mass is 127. The molecule has 1 aliphatic heterocycles. The Hall–Kier alpha value is -3.28. The van der Waals surface area contributed by atoms with E-state index in [0.29, 0.717) is 38.9 Å². The van der Waals surface area contributed by atoms with Crippen LogP contribution in [0.4, 0.5) is 0 Å². The molecule has 5 rings (SSSR count). The van der Waals surface area contributed by atoms with Gasteiger partial charge in [0.25, 0.3) is 5.56 Å². The molecule has 0 saturated carbocycles. The van der Waals surface area contributed by atoms with Gasteiger partial charge in [-0.2, -0.15) is 0 Å². The van der Waals surface area contributed by atoms with Crippen molar-refractivity contribution < 1.29 is 14.3 Å². The molecule has 220 valence electrons. The van der Waals surface area contributed by atoms with Crippen LogP contribution in [0.3, 0.4) is 0 Å². The summed E-state index contributed by atoms with van der Waals surface area (Å²) >= 11 is 7.08. The Bertz CT molecular complexity index is 1890. The third kappa shape index (κ3) is 6.49. The third-order valence-electron chi connectivity index (χ3n) is 6.96. The minimum Gasteiger partial charge on any atom is -0.488 e. The minimum absolute atomic E-state index is 0.197. The molecule has 0 N–H and O–H groups in total. The van der Waals surface area contributed by atoms with Gasteiger partial charge in [0, 0.05) is 15.6 Å². The maximum Gasteiger partial charge on any atom is 0.338 e. The van der Waals surface area contributed by atoms with Gasteiger partial charge in [0.05, 0.1) is 32.0 Å². The first-order valence-electron chi connectivity index (χ1n) is 13.8. The minimum atomic E-state index is -0.729. The Morgan fingerprint density at radius 1 is 1.16 bits per heavy atom. The van der Waals surface area contributed by atoms with Crippen LogP contribution in [0.5, 0.6) is 5.75 Å². The predicted octanol–water partition coefficient (Wildman–Crippen LogP) is 6.99. The number of fused-ring (bicyclic) bond motifs is 1. The SMILES string of the molecule is C=CCOc1c(I)cc(Br)cc1/C=c1\sc2n(c1=O)[C@@H](c1ccc(C(C)C)cc1)C(C(=O)OCC)=C(c1ccccc1)N=2. The molecule has 43 heavy (non-hydrogen) atoms. The second-order valence-electron chi connectivity index (χ2n) is 10.2. The lowest BCUT2D eigenvalue weighted by molar-refractivity contribution is -0.138. The van der Waals surface area contributed by atoms with Crippen molar-refractivity contribution in [3.05, 3.63) is 135 Å². The predicted molar refractivity (Wildman–Crippen MR) is 184 cm³/mol. The normalized spacial score (nSPS) is 14.8. The summed E-state index contributed by atoms with van der Waals surface area (Å²) in [6, 6.07) is 20.8. The van der Waals surface area contributed by atoms with E-state index in [2.05, 4.69) is 58.9 Å². The first kappa shape index (κ1) is 31.2. The molecule has 3 aromatic carbocycles. The smallest absolute Gasteiger partial charge is 0.338 e. The fourth-order valence-corrected chi connectivity index (χ4v) is 7.64. The number of halogens is 2. The number of thiazole rings is 1. The topological polar surface area (TPSA) is 69.9 Å². The summed E-state index contributed by atoms with van der Waals surface area (Å²) in [4.78, 5) is 33.4. The third-order valence-corrected chi connectivity index (χ3v) is 9.20. The highest BCUT2D eigenvalue weighted by Gasteiger charge is 2.35. The van der Waals surface area contributed by atoms with Crippen LogP contribution < -0.4 is 19.6 Å². The molecule has 0 spiro atoms. The van der Waals surface area contributed by atoms with E-state index in [0.717, 1.165) is 30.3 Å². The average Bonchev–Trinajstić information content (AvgIpc) is 3.30. The summed E-state index contributed by atoms with van der Waals surface area (Å²) in [6.45, 7) is 10.3. The van der Waals surface area contributed by atoms with Crippen LogP contribution in [0.25, 0.3) is 11.8 Å². The van der Waals surface area contributed by atoms with E-state index >= 15 is 0 Å². The fourth-order valence-electron chi connectivity index (χ4n) is 4.94.